The maximum absolute atomic E-state index is 13.1. The molecule has 1 unspecified atom stereocenters. The monoisotopic (exact) mass is 463 g/mol. The first-order valence-corrected chi connectivity index (χ1v) is 11.2. The smallest absolute Gasteiger partial charge is 0.387 e. The number of anilines is 3. The third-order valence-corrected chi connectivity index (χ3v) is 5.96. The summed E-state index contributed by atoms with van der Waals surface area (Å²) in [6.45, 7) is 2.69. The summed E-state index contributed by atoms with van der Waals surface area (Å²) < 4.78 is 7.00. The van der Waals surface area contributed by atoms with Crippen LogP contribution in [0.15, 0.2) is 31.1 Å². The second-order valence-electron chi connectivity index (χ2n) is 8.51. The van der Waals surface area contributed by atoms with Crippen LogP contribution < -0.4 is 15.4 Å². The van der Waals surface area contributed by atoms with Crippen LogP contribution in [0.5, 0.6) is 5.88 Å². The van der Waals surface area contributed by atoms with Crippen molar-refractivity contribution in [2.75, 3.05) is 17.2 Å². The lowest BCUT2D eigenvalue weighted by atomic mass is 10.2. The Bertz CT molecular complexity index is 1210. The Morgan fingerprint density at radius 1 is 1.12 bits per heavy atom. The van der Waals surface area contributed by atoms with Crippen molar-refractivity contribution in [2.24, 2.45) is 7.05 Å². The largest absolute Gasteiger partial charge is 0.418 e. The summed E-state index contributed by atoms with van der Waals surface area (Å²) in [5, 5.41) is 9.82. The van der Waals surface area contributed by atoms with E-state index < -0.39 is 6.09 Å². The number of carbonyl (C=O) groups excluding carboxylic acids is 2. The predicted molar refractivity (Wildman–Crippen MR) is 122 cm³/mol. The molecule has 3 aromatic heterocycles. The molecule has 12 nitrogen and oxygen atoms in total. The number of hydrogen-bond acceptors (Lipinski definition) is 9. The number of rotatable bonds is 6. The lowest BCUT2D eigenvalue weighted by Crippen LogP contribution is -2.35. The summed E-state index contributed by atoms with van der Waals surface area (Å²) in [4.78, 5) is 44.6. The van der Waals surface area contributed by atoms with Gasteiger partial charge >= 0.3 is 6.09 Å². The minimum absolute atomic E-state index is 0.0238. The zero-order valence-electron chi connectivity index (χ0n) is 18.9. The van der Waals surface area contributed by atoms with E-state index >= 15 is 0 Å². The summed E-state index contributed by atoms with van der Waals surface area (Å²) in [5.74, 6) is 0.415. The average Bonchev–Trinajstić information content (AvgIpc) is 3.49. The number of nitrogens with zero attached hydrogens (tertiary/aromatic N) is 7. The van der Waals surface area contributed by atoms with Gasteiger partial charge in [0, 0.05) is 25.6 Å². The van der Waals surface area contributed by atoms with Crippen molar-refractivity contribution in [2.45, 2.75) is 44.6 Å². The standard InChI is InChI=1S/C22H25N9O3/c1-13-4-3-7-31(13)21(32)18-17(11-26-30(18)2)29-22(33)34-20-19(27-15-8-23-12-24-9-15)25-10-16(28-20)14-5-6-14/h8-14H,3-7H2,1-2H3,(H,25,27)(H,29,33). The van der Waals surface area contributed by atoms with Gasteiger partial charge in [0.25, 0.3) is 11.8 Å². The topological polar surface area (TPSA) is 140 Å². The first kappa shape index (κ1) is 21.7. The van der Waals surface area contributed by atoms with E-state index in [0.29, 0.717) is 23.8 Å². The van der Waals surface area contributed by atoms with Gasteiger partial charge in [-0.05, 0) is 32.6 Å². The van der Waals surface area contributed by atoms with Gasteiger partial charge in [0.15, 0.2) is 5.82 Å². The highest BCUT2D eigenvalue weighted by atomic mass is 16.6. The molecule has 1 aliphatic carbocycles. The van der Waals surface area contributed by atoms with Crippen LogP contribution in [0.25, 0.3) is 0 Å². The lowest BCUT2D eigenvalue weighted by molar-refractivity contribution is 0.0737. The first-order chi connectivity index (χ1) is 16.5. The van der Waals surface area contributed by atoms with Crippen LogP contribution in [0.1, 0.15) is 54.7 Å². The Morgan fingerprint density at radius 2 is 1.91 bits per heavy atom. The van der Waals surface area contributed by atoms with Crippen LogP contribution in [0.2, 0.25) is 0 Å². The molecule has 12 heteroatoms. The van der Waals surface area contributed by atoms with E-state index in [9.17, 15) is 9.59 Å². The van der Waals surface area contributed by atoms with Gasteiger partial charge in [-0.3, -0.25) is 14.8 Å². The molecule has 0 spiro atoms. The van der Waals surface area contributed by atoms with Crippen molar-refractivity contribution >= 4 is 29.2 Å². The molecule has 5 rings (SSSR count). The van der Waals surface area contributed by atoms with E-state index in [0.717, 1.165) is 31.4 Å². The fraction of sp³-hybridized carbons (Fsp3) is 0.409. The molecule has 1 saturated carbocycles. The van der Waals surface area contributed by atoms with E-state index in [1.807, 2.05) is 6.92 Å². The molecule has 0 bridgehead atoms. The zero-order chi connectivity index (χ0) is 23.7. The van der Waals surface area contributed by atoms with Crippen molar-refractivity contribution < 1.29 is 14.3 Å². The average molecular weight is 464 g/mol. The molecule has 34 heavy (non-hydrogen) atoms. The number of likely N-dealkylation sites (tertiary alicyclic amines) is 1. The second-order valence-corrected chi connectivity index (χ2v) is 8.51. The zero-order valence-corrected chi connectivity index (χ0v) is 18.9. The Morgan fingerprint density at radius 3 is 2.62 bits per heavy atom. The van der Waals surface area contributed by atoms with Gasteiger partial charge in [-0.1, -0.05) is 0 Å². The maximum Gasteiger partial charge on any atom is 0.418 e. The highest BCUT2D eigenvalue weighted by molar-refractivity contribution is 6.01. The highest BCUT2D eigenvalue weighted by Crippen LogP contribution is 2.40. The Hall–Kier alpha value is -4.09. The van der Waals surface area contributed by atoms with E-state index in [-0.39, 0.29) is 29.3 Å². The number of ether oxygens (including phenoxy) is 1. The lowest BCUT2D eigenvalue weighted by Gasteiger charge is -2.22. The summed E-state index contributed by atoms with van der Waals surface area (Å²) in [6, 6.07) is 0.137. The molecule has 2 fully saturated rings. The molecule has 1 aliphatic heterocycles. The second kappa shape index (κ2) is 9.04. The van der Waals surface area contributed by atoms with E-state index in [4.69, 9.17) is 4.74 Å². The van der Waals surface area contributed by atoms with Crippen LogP contribution >= 0.6 is 0 Å². The van der Waals surface area contributed by atoms with E-state index in [2.05, 4.69) is 35.7 Å². The number of aryl methyl sites for hydroxylation is 1. The van der Waals surface area contributed by atoms with Gasteiger partial charge in [-0.25, -0.2) is 24.7 Å². The number of carbonyl (C=O) groups is 2. The molecule has 1 atom stereocenters. The van der Waals surface area contributed by atoms with Crippen LogP contribution in [0.3, 0.4) is 0 Å². The Labute approximate surface area is 195 Å². The normalized spacial score (nSPS) is 17.5. The molecule has 176 valence electrons. The number of hydrogen-bond donors (Lipinski definition) is 2. The van der Waals surface area contributed by atoms with Gasteiger partial charge in [-0.15, -0.1) is 0 Å². The van der Waals surface area contributed by atoms with Crippen LogP contribution in [0.4, 0.5) is 22.0 Å². The van der Waals surface area contributed by atoms with Gasteiger partial charge in [-0.2, -0.15) is 5.10 Å². The minimum atomic E-state index is -0.800. The fourth-order valence-electron chi connectivity index (χ4n) is 3.99. The third-order valence-electron chi connectivity index (χ3n) is 5.96. The minimum Gasteiger partial charge on any atom is -0.387 e. The number of amides is 2. The molecule has 2 amide bonds. The van der Waals surface area contributed by atoms with Crippen molar-refractivity contribution in [1.29, 1.82) is 0 Å². The molecule has 1 saturated heterocycles. The van der Waals surface area contributed by atoms with Crippen LogP contribution in [-0.4, -0.2) is 59.2 Å². The molecule has 0 radical (unpaired) electrons. The molecular formula is C22H25N9O3. The van der Waals surface area contributed by atoms with Crippen LogP contribution in [0, 0.1) is 0 Å². The summed E-state index contributed by atoms with van der Waals surface area (Å²) in [7, 11) is 1.67. The van der Waals surface area contributed by atoms with Gasteiger partial charge in [0.05, 0.1) is 41.9 Å². The van der Waals surface area contributed by atoms with E-state index in [1.165, 1.54) is 17.2 Å². The molecule has 2 N–H and O–H groups in total. The van der Waals surface area contributed by atoms with Gasteiger partial charge < -0.3 is 15.0 Å². The quantitative estimate of drug-likeness (QED) is 0.564. The predicted octanol–water partition coefficient (Wildman–Crippen LogP) is 2.86. The fourth-order valence-corrected chi connectivity index (χ4v) is 3.99. The highest BCUT2D eigenvalue weighted by Gasteiger charge is 2.31. The van der Waals surface area contributed by atoms with Crippen molar-refractivity contribution in [1.82, 2.24) is 34.6 Å². The first-order valence-electron chi connectivity index (χ1n) is 11.2. The van der Waals surface area contributed by atoms with Crippen molar-refractivity contribution in [3.8, 4) is 5.88 Å². The Balaban J connectivity index is 1.36. The van der Waals surface area contributed by atoms with Crippen molar-refractivity contribution in [3.05, 3.63) is 42.5 Å². The molecular weight excluding hydrogens is 438 g/mol. The molecule has 0 aromatic carbocycles. The number of nitrogens with one attached hydrogen (secondary N) is 2. The SMILES string of the molecule is CC1CCCN1C(=O)c1c(NC(=O)Oc2nc(C3CC3)cnc2Nc2cncnc2)cnn1C. The summed E-state index contributed by atoms with van der Waals surface area (Å²) in [6.07, 6.45) is 10.8. The molecule has 3 aromatic rings. The van der Waals surface area contributed by atoms with Crippen molar-refractivity contribution in [3.63, 3.8) is 0 Å². The van der Waals surface area contributed by atoms with Gasteiger partial charge in [0.2, 0.25) is 0 Å². The number of aromatic nitrogens is 6. The molecule has 2 aliphatic rings. The van der Waals surface area contributed by atoms with Crippen LogP contribution in [-0.2, 0) is 7.05 Å². The summed E-state index contributed by atoms with van der Waals surface area (Å²) >= 11 is 0. The third kappa shape index (κ3) is 4.51. The van der Waals surface area contributed by atoms with E-state index in [1.54, 1.807) is 30.5 Å². The maximum atomic E-state index is 13.1. The molecule has 4 heterocycles. The van der Waals surface area contributed by atoms with Gasteiger partial charge in [0.1, 0.15) is 12.0 Å². The summed E-state index contributed by atoms with van der Waals surface area (Å²) in [5.41, 5.74) is 1.90. The Kier molecular flexibility index (Phi) is 5.78.